The Morgan fingerprint density at radius 2 is 1.71 bits per heavy atom. The van der Waals surface area contributed by atoms with Crippen LogP contribution in [0.3, 0.4) is 0 Å². The number of para-hydroxylation sites is 1. The van der Waals surface area contributed by atoms with E-state index < -0.39 is 11.3 Å². The van der Waals surface area contributed by atoms with E-state index in [1.165, 1.54) is 0 Å². The molecule has 2 aromatic heterocycles. The summed E-state index contributed by atoms with van der Waals surface area (Å²) < 4.78 is 0. The summed E-state index contributed by atoms with van der Waals surface area (Å²) in [4.78, 5) is 51.0. The van der Waals surface area contributed by atoms with Gasteiger partial charge in [0.1, 0.15) is 11.1 Å². The molecular formula is C30H25N5O3. The third-order valence-electron chi connectivity index (χ3n) is 8.02. The van der Waals surface area contributed by atoms with E-state index in [2.05, 4.69) is 4.98 Å². The van der Waals surface area contributed by atoms with Crippen molar-refractivity contribution in [2.45, 2.75) is 24.8 Å². The molecule has 0 atom stereocenters. The summed E-state index contributed by atoms with van der Waals surface area (Å²) in [5, 5.41) is 1.94. The Morgan fingerprint density at radius 1 is 0.947 bits per heavy atom. The lowest BCUT2D eigenvalue weighted by atomic mass is 9.74. The van der Waals surface area contributed by atoms with Gasteiger partial charge in [0.25, 0.3) is 5.91 Å². The highest BCUT2D eigenvalue weighted by molar-refractivity contribution is 6.10. The van der Waals surface area contributed by atoms with Crippen LogP contribution < -0.4 is 10.6 Å². The molecule has 0 bridgehead atoms. The smallest absolute Gasteiger partial charge is 0.267 e. The summed E-state index contributed by atoms with van der Waals surface area (Å²) in [5.74, 6) is -0.285. The van der Waals surface area contributed by atoms with Gasteiger partial charge in [-0.2, -0.15) is 0 Å². The van der Waals surface area contributed by atoms with Gasteiger partial charge in [0, 0.05) is 53.6 Å². The molecule has 1 saturated heterocycles. The number of nitrogens with two attached hydrogens (primary N) is 1. The van der Waals surface area contributed by atoms with Gasteiger partial charge in [-0.15, -0.1) is 0 Å². The maximum Gasteiger partial charge on any atom is 0.267 e. The largest absolute Gasteiger partial charge is 0.364 e. The van der Waals surface area contributed by atoms with Gasteiger partial charge >= 0.3 is 0 Å². The number of pyridine rings is 2. The second-order valence-electron chi connectivity index (χ2n) is 10.4. The molecule has 0 unspecified atom stereocenters. The van der Waals surface area contributed by atoms with Crippen molar-refractivity contribution in [2.24, 2.45) is 11.7 Å². The Hall–Kier alpha value is -4.59. The first-order valence-corrected chi connectivity index (χ1v) is 12.8. The quantitative estimate of drug-likeness (QED) is 0.449. The third kappa shape index (κ3) is 3.33. The Morgan fingerprint density at radius 3 is 2.45 bits per heavy atom. The average molecular weight is 504 g/mol. The summed E-state index contributed by atoms with van der Waals surface area (Å²) in [6.45, 7) is 1.11. The molecule has 4 aromatic rings. The lowest BCUT2D eigenvalue weighted by Gasteiger charge is -2.47. The SMILES string of the molecule is NC(=O)c1ccc(-c2c(CN3C(=O)C4(CN(C(=O)C5CC5)C4)c4ccccc43)ncc3ccccc23)cn1. The fourth-order valence-corrected chi connectivity index (χ4v) is 5.89. The summed E-state index contributed by atoms with van der Waals surface area (Å²) in [7, 11) is 0. The molecule has 8 nitrogen and oxygen atoms in total. The monoisotopic (exact) mass is 503 g/mol. The number of rotatable bonds is 5. The standard InChI is InChI=1S/C30H25N5O3/c31-27(36)23-12-11-20(14-32-23)26-21-6-2-1-5-19(21)13-33-24(26)15-35-25-8-4-3-7-22(25)30(29(35)38)16-34(17-30)28(37)18-9-10-18/h1-8,11-14,18H,9-10,15-17H2,(H2,31,36). The van der Waals surface area contributed by atoms with Gasteiger partial charge in [0.15, 0.2) is 0 Å². The molecule has 38 heavy (non-hydrogen) atoms. The van der Waals surface area contributed by atoms with Gasteiger partial charge in [0.05, 0.1) is 12.2 Å². The highest BCUT2D eigenvalue weighted by Gasteiger charge is 2.60. The van der Waals surface area contributed by atoms with Crippen molar-refractivity contribution in [1.82, 2.24) is 14.9 Å². The van der Waals surface area contributed by atoms with Gasteiger partial charge in [-0.1, -0.05) is 48.5 Å². The number of aromatic nitrogens is 2. The zero-order chi connectivity index (χ0) is 26.0. The van der Waals surface area contributed by atoms with Crippen LogP contribution in [-0.4, -0.2) is 45.7 Å². The molecule has 2 N–H and O–H groups in total. The summed E-state index contributed by atoms with van der Waals surface area (Å²) in [6, 6.07) is 19.2. The first-order valence-electron chi connectivity index (χ1n) is 12.8. The fraction of sp³-hybridized carbons (Fsp3) is 0.233. The molecule has 8 heteroatoms. The van der Waals surface area contributed by atoms with Crippen molar-refractivity contribution in [3.05, 3.63) is 90.0 Å². The molecule has 0 radical (unpaired) electrons. The minimum Gasteiger partial charge on any atom is -0.364 e. The molecule has 2 aliphatic heterocycles. The number of hydrogen-bond acceptors (Lipinski definition) is 5. The van der Waals surface area contributed by atoms with Crippen LogP contribution in [0, 0.1) is 5.92 Å². The molecule has 7 rings (SSSR count). The Kier molecular flexibility index (Phi) is 4.88. The second-order valence-corrected chi connectivity index (χ2v) is 10.4. The van der Waals surface area contributed by atoms with Crippen molar-refractivity contribution < 1.29 is 14.4 Å². The fourth-order valence-electron chi connectivity index (χ4n) is 5.89. The second kappa shape index (κ2) is 8.21. The molecule has 2 aromatic carbocycles. The number of hydrogen-bond donors (Lipinski definition) is 1. The van der Waals surface area contributed by atoms with E-state index in [-0.39, 0.29) is 30.0 Å². The molecular weight excluding hydrogens is 478 g/mol. The normalized spacial score (nSPS) is 17.5. The lowest BCUT2D eigenvalue weighted by molar-refractivity contribution is -0.145. The van der Waals surface area contributed by atoms with Crippen LogP contribution in [0.2, 0.25) is 0 Å². The maximum atomic E-state index is 14.1. The van der Waals surface area contributed by atoms with Crippen molar-refractivity contribution >= 4 is 34.2 Å². The zero-order valence-electron chi connectivity index (χ0n) is 20.6. The van der Waals surface area contributed by atoms with Crippen molar-refractivity contribution in [2.75, 3.05) is 18.0 Å². The number of amides is 3. The highest BCUT2D eigenvalue weighted by Crippen LogP contribution is 2.49. The van der Waals surface area contributed by atoms with Gasteiger partial charge in [-0.3, -0.25) is 24.4 Å². The van der Waals surface area contributed by atoms with Crippen LogP contribution in [0.1, 0.15) is 34.6 Å². The molecule has 4 heterocycles. The Labute approximate surface area is 219 Å². The number of fused-ring (bicyclic) bond motifs is 3. The van der Waals surface area contributed by atoms with Crippen LogP contribution in [0.25, 0.3) is 21.9 Å². The van der Waals surface area contributed by atoms with Gasteiger partial charge in [-0.25, -0.2) is 0 Å². The zero-order valence-corrected chi connectivity index (χ0v) is 20.6. The molecule has 1 aliphatic carbocycles. The van der Waals surface area contributed by atoms with E-state index in [4.69, 9.17) is 10.7 Å². The summed E-state index contributed by atoms with van der Waals surface area (Å²) in [5.41, 5.74) is 9.08. The van der Waals surface area contributed by atoms with E-state index >= 15 is 0 Å². The molecule has 188 valence electrons. The number of primary amides is 1. The van der Waals surface area contributed by atoms with Crippen molar-refractivity contribution in [3.8, 4) is 11.1 Å². The van der Waals surface area contributed by atoms with Gasteiger partial charge in [-0.05, 0) is 35.9 Å². The van der Waals surface area contributed by atoms with Crippen LogP contribution in [0.5, 0.6) is 0 Å². The minimum absolute atomic E-state index is 0.00153. The van der Waals surface area contributed by atoms with E-state index in [0.717, 1.165) is 51.7 Å². The molecule has 1 spiro atoms. The van der Waals surface area contributed by atoms with Crippen molar-refractivity contribution in [1.29, 1.82) is 0 Å². The van der Waals surface area contributed by atoms with E-state index in [9.17, 15) is 14.4 Å². The van der Waals surface area contributed by atoms with Crippen molar-refractivity contribution in [3.63, 3.8) is 0 Å². The van der Waals surface area contributed by atoms with E-state index in [1.807, 2.05) is 65.7 Å². The van der Waals surface area contributed by atoms with Gasteiger partial charge in [0.2, 0.25) is 11.8 Å². The molecule has 3 amide bonds. The van der Waals surface area contributed by atoms with Crippen LogP contribution in [0.15, 0.2) is 73.1 Å². The summed E-state index contributed by atoms with van der Waals surface area (Å²) >= 11 is 0. The van der Waals surface area contributed by atoms with Crippen LogP contribution in [-0.2, 0) is 21.5 Å². The first kappa shape index (κ1) is 22.6. The molecule has 1 saturated carbocycles. The number of likely N-dealkylation sites (tertiary alicyclic amines) is 1. The number of benzene rings is 2. The first-order chi connectivity index (χ1) is 18.5. The predicted molar refractivity (Wildman–Crippen MR) is 142 cm³/mol. The van der Waals surface area contributed by atoms with E-state index in [0.29, 0.717) is 13.1 Å². The number of carbonyl (C=O) groups excluding carboxylic acids is 3. The van der Waals surface area contributed by atoms with E-state index in [1.54, 1.807) is 17.2 Å². The van der Waals surface area contributed by atoms with Crippen LogP contribution in [0.4, 0.5) is 5.69 Å². The van der Waals surface area contributed by atoms with Crippen LogP contribution >= 0.6 is 0 Å². The highest BCUT2D eigenvalue weighted by atomic mass is 16.2. The van der Waals surface area contributed by atoms with Gasteiger partial charge < -0.3 is 15.5 Å². The third-order valence-corrected chi connectivity index (χ3v) is 8.02. The average Bonchev–Trinajstić information content (AvgIpc) is 3.73. The Bertz CT molecular complexity index is 1640. The number of carbonyl (C=O) groups is 3. The minimum atomic E-state index is -0.706. The lowest BCUT2D eigenvalue weighted by Crippen LogP contribution is -2.65. The molecule has 2 fully saturated rings. The topological polar surface area (TPSA) is 109 Å². The Balaban J connectivity index is 1.29. The molecule has 3 aliphatic rings. The number of anilines is 1. The summed E-state index contributed by atoms with van der Waals surface area (Å²) in [6.07, 6.45) is 5.35. The number of nitrogens with zero attached hydrogens (tertiary/aromatic N) is 4. The maximum absolute atomic E-state index is 14.1. The predicted octanol–water partition coefficient (Wildman–Crippen LogP) is 3.43.